The first-order valence-corrected chi connectivity index (χ1v) is 3.70. The van der Waals surface area contributed by atoms with Gasteiger partial charge in [-0.25, -0.2) is 0 Å². The number of carbonyl (C=O) groups is 1. The van der Waals surface area contributed by atoms with E-state index >= 15 is 0 Å². The molecule has 13 heavy (non-hydrogen) atoms. The molecule has 0 atom stereocenters. The van der Waals surface area contributed by atoms with Gasteiger partial charge in [-0.15, -0.1) is 0 Å². The lowest BCUT2D eigenvalue weighted by atomic mass is 10.1. The quantitative estimate of drug-likeness (QED) is 0.535. The van der Waals surface area contributed by atoms with Gasteiger partial charge in [0, 0.05) is 0 Å². The second-order valence-electron chi connectivity index (χ2n) is 2.44. The molecule has 0 aromatic heterocycles. The van der Waals surface area contributed by atoms with Crippen LogP contribution in [0.15, 0.2) is 35.9 Å². The van der Waals surface area contributed by atoms with Gasteiger partial charge in [-0.1, -0.05) is 30.3 Å². The van der Waals surface area contributed by atoms with Crippen LogP contribution in [0.2, 0.25) is 0 Å². The molecule has 0 aliphatic carbocycles. The van der Waals surface area contributed by atoms with Crippen molar-refractivity contribution in [1.29, 1.82) is 5.26 Å². The predicted octanol–water partition coefficient (Wildman–Crippen LogP) is 1.08. The van der Waals surface area contributed by atoms with E-state index in [1.807, 2.05) is 18.2 Å². The standard InChI is InChI=1S/C10H8N2O/c11-7-9(10(12)13)6-8-4-2-1-3-5-8/h1-6H,(H2,12,13). The molecule has 1 aromatic rings. The van der Waals surface area contributed by atoms with Crippen LogP contribution < -0.4 is 5.73 Å². The van der Waals surface area contributed by atoms with Crippen LogP contribution in [-0.2, 0) is 4.79 Å². The van der Waals surface area contributed by atoms with Gasteiger partial charge in [-0.2, -0.15) is 5.26 Å². The fraction of sp³-hybridized carbons (Fsp3) is 0. The molecule has 1 amide bonds. The van der Waals surface area contributed by atoms with Crippen molar-refractivity contribution < 1.29 is 4.79 Å². The molecule has 2 N–H and O–H groups in total. The van der Waals surface area contributed by atoms with Crippen LogP contribution in [0.3, 0.4) is 0 Å². The Hall–Kier alpha value is -2.08. The largest absolute Gasteiger partial charge is 0.365 e. The van der Waals surface area contributed by atoms with Gasteiger partial charge >= 0.3 is 0 Å². The third kappa shape index (κ3) is 2.46. The minimum absolute atomic E-state index is 0.0359. The smallest absolute Gasteiger partial charge is 0.259 e. The number of carbonyl (C=O) groups excluding carboxylic acids is 1. The number of nitrogens with two attached hydrogens (primary N) is 1. The summed E-state index contributed by atoms with van der Waals surface area (Å²) >= 11 is 0. The second-order valence-corrected chi connectivity index (χ2v) is 2.44. The molecular weight excluding hydrogens is 164 g/mol. The molecule has 0 saturated carbocycles. The molecule has 0 unspecified atom stereocenters. The summed E-state index contributed by atoms with van der Waals surface area (Å²) in [6.07, 6.45) is 1.46. The third-order valence-corrected chi connectivity index (χ3v) is 1.50. The molecule has 64 valence electrons. The Morgan fingerprint density at radius 1 is 1.38 bits per heavy atom. The fourth-order valence-electron chi connectivity index (χ4n) is 0.874. The van der Waals surface area contributed by atoms with E-state index in [1.165, 1.54) is 6.08 Å². The van der Waals surface area contributed by atoms with E-state index in [0.717, 1.165) is 5.56 Å². The summed E-state index contributed by atoms with van der Waals surface area (Å²) in [6, 6.07) is 10.8. The molecule has 0 bridgehead atoms. The maximum Gasteiger partial charge on any atom is 0.259 e. The Kier molecular flexibility index (Phi) is 2.82. The zero-order chi connectivity index (χ0) is 9.68. The topological polar surface area (TPSA) is 66.9 Å². The normalized spacial score (nSPS) is 10.5. The van der Waals surface area contributed by atoms with Crippen LogP contribution in [0.1, 0.15) is 5.56 Å². The number of nitrogens with zero attached hydrogens (tertiary/aromatic N) is 1. The average molecular weight is 172 g/mol. The number of hydrogen-bond acceptors (Lipinski definition) is 2. The van der Waals surface area contributed by atoms with Gasteiger partial charge in [-0.05, 0) is 11.6 Å². The highest BCUT2D eigenvalue weighted by molar-refractivity contribution is 6.00. The Balaban J connectivity index is 3.01. The summed E-state index contributed by atoms with van der Waals surface area (Å²) < 4.78 is 0. The molecular formula is C10H8N2O. The van der Waals surface area contributed by atoms with E-state index in [1.54, 1.807) is 18.2 Å². The van der Waals surface area contributed by atoms with Crippen molar-refractivity contribution in [3.05, 3.63) is 41.5 Å². The maximum atomic E-state index is 10.7. The highest BCUT2D eigenvalue weighted by Crippen LogP contribution is 2.04. The summed E-state index contributed by atoms with van der Waals surface area (Å²) in [6.45, 7) is 0. The van der Waals surface area contributed by atoms with Crippen LogP contribution in [0.5, 0.6) is 0 Å². The van der Waals surface area contributed by atoms with Crippen molar-refractivity contribution in [2.75, 3.05) is 0 Å². The monoisotopic (exact) mass is 172 g/mol. The predicted molar refractivity (Wildman–Crippen MR) is 49.2 cm³/mol. The number of primary amides is 1. The number of amides is 1. The van der Waals surface area contributed by atoms with Crippen molar-refractivity contribution in [3.8, 4) is 6.07 Å². The third-order valence-electron chi connectivity index (χ3n) is 1.50. The molecule has 0 radical (unpaired) electrons. The highest BCUT2D eigenvalue weighted by atomic mass is 16.1. The van der Waals surface area contributed by atoms with E-state index in [4.69, 9.17) is 11.0 Å². The molecule has 1 rings (SSSR count). The van der Waals surface area contributed by atoms with Gasteiger partial charge in [0.25, 0.3) is 5.91 Å². The molecule has 0 saturated heterocycles. The Labute approximate surface area is 76.1 Å². The highest BCUT2D eigenvalue weighted by Gasteiger charge is 2.01. The van der Waals surface area contributed by atoms with Crippen LogP contribution >= 0.6 is 0 Å². The number of rotatable bonds is 2. The summed E-state index contributed by atoms with van der Waals surface area (Å²) in [5.41, 5.74) is 5.72. The summed E-state index contributed by atoms with van der Waals surface area (Å²) in [7, 11) is 0. The molecule has 0 heterocycles. The van der Waals surface area contributed by atoms with Gasteiger partial charge in [0.1, 0.15) is 11.6 Å². The molecule has 0 aliphatic heterocycles. The lowest BCUT2D eigenvalue weighted by molar-refractivity contribution is -0.114. The number of hydrogen-bond donors (Lipinski definition) is 1. The second kappa shape index (κ2) is 4.07. The van der Waals surface area contributed by atoms with Crippen molar-refractivity contribution in [3.63, 3.8) is 0 Å². The Morgan fingerprint density at radius 3 is 2.46 bits per heavy atom. The molecule has 1 aromatic carbocycles. The van der Waals surface area contributed by atoms with Crippen LogP contribution in [0.25, 0.3) is 6.08 Å². The SMILES string of the molecule is N#CC(=Cc1ccccc1)C(N)=O. The Morgan fingerprint density at radius 2 is 2.00 bits per heavy atom. The zero-order valence-corrected chi connectivity index (χ0v) is 6.90. The van der Waals surface area contributed by atoms with Gasteiger partial charge in [0.2, 0.25) is 0 Å². The molecule has 3 heteroatoms. The van der Waals surface area contributed by atoms with Crippen molar-refractivity contribution in [1.82, 2.24) is 0 Å². The van der Waals surface area contributed by atoms with Gasteiger partial charge in [-0.3, -0.25) is 4.79 Å². The molecule has 0 aliphatic rings. The van der Waals surface area contributed by atoms with E-state index in [9.17, 15) is 4.79 Å². The van der Waals surface area contributed by atoms with Crippen LogP contribution in [0, 0.1) is 11.3 Å². The van der Waals surface area contributed by atoms with Crippen molar-refractivity contribution in [2.24, 2.45) is 5.73 Å². The van der Waals surface area contributed by atoms with Gasteiger partial charge in [0.05, 0.1) is 0 Å². The fourth-order valence-corrected chi connectivity index (χ4v) is 0.874. The number of nitriles is 1. The van der Waals surface area contributed by atoms with Crippen molar-refractivity contribution in [2.45, 2.75) is 0 Å². The van der Waals surface area contributed by atoms with E-state index in [0.29, 0.717) is 0 Å². The lowest BCUT2D eigenvalue weighted by Gasteiger charge is -1.92. The lowest BCUT2D eigenvalue weighted by Crippen LogP contribution is -2.12. The van der Waals surface area contributed by atoms with Crippen molar-refractivity contribution >= 4 is 12.0 Å². The van der Waals surface area contributed by atoms with E-state index in [-0.39, 0.29) is 5.57 Å². The summed E-state index contributed by atoms with van der Waals surface area (Å²) in [4.78, 5) is 10.7. The first-order chi connectivity index (χ1) is 6.24. The van der Waals surface area contributed by atoms with Gasteiger partial charge < -0.3 is 5.73 Å². The summed E-state index contributed by atoms with van der Waals surface area (Å²) in [5, 5.41) is 8.54. The zero-order valence-electron chi connectivity index (χ0n) is 6.90. The average Bonchev–Trinajstić information content (AvgIpc) is 2.15. The minimum Gasteiger partial charge on any atom is -0.365 e. The first kappa shape index (κ1) is 9.01. The molecule has 0 fully saturated rings. The first-order valence-electron chi connectivity index (χ1n) is 3.70. The van der Waals surface area contributed by atoms with E-state index in [2.05, 4.69) is 0 Å². The molecule has 3 nitrogen and oxygen atoms in total. The number of benzene rings is 1. The summed E-state index contributed by atoms with van der Waals surface area (Å²) in [5.74, 6) is -0.702. The minimum atomic E-state index is -0.702. The Bertz CT molecular complexity index is 374. The van der Waals surface area contributed by atoms with Gasteiger partial charge in [0.15, 0.2) is 0 Å². The maximum absolute atomic E-state index is 10.7. The van der Waals surface area contributed by atoms with E-state index < -0.39 is 5.91 Å². The van der Waals surface area contributed by atoms with Crippen LogP contribution in [-0.4, -0.2) is 5.91 Å². The van der Waals surface area contributed by atoms with Crippen LogP contribution in [0.4, 0.5) is 0 Å². The molecule has 0 spiro atoms.